The summed E-state index contributed by atoms with van der Waals surface area (Å²) < 4.78 is 10.5. The molecule has 0 aromatic heterocycles. The molecule has 22 heavy (non-hydrogen) atoms. The molecule has 0 amide bonds. The van der Waals surface area contributed by atoms with Crippen LogP contribution in [-0.2, 0) is 0 Å². The molecule has 0 radical (unpaired) electrons. The van der Waals surface area contributed by atoms with Crippen LogP contribution in [0.2, 0.25) is 0 Å². The summed E-state index contributed by atoms with van der Waals surface area (Å²) in [5.41, 5.74) is 4.14. The second kappa shape index (κ2) is 6.10. The van der Waals surface area contributed by atoms with Gasteiger partial charge in [-0.15, -0.1) is 0 Å². The van der Waals surface area contributed by atoms with E-state index in [4.69, 9.17) is 9.47 Å². The molecule has 1 heterocycles. The van der Waals surface area contributed by atoms with Crippen LogP contribution < -0.4 is 14.8 Å². The lowest BCUT2D eigenvalue weighted by Gasteiger charge is -2.08. The predicted molar refractivity (Wildman–Crippen MR) is 85.9 cm³/mol. The van der Waals surface area contributed by atoms with E-state index in [1.807, 2.05) is 0 Å². The zero-order valence-electron chi connectivity index (χ0n) is 12.8. The van der Waals surface area contributed by atoms with E-state index in [1.54, 1.807) is 18.2 Å². The monoisotopic (exact) mass is 297 g/mol. The number of ketones is 1. The number of carbonyl (C=O) groups excluding carboxylic acids is 1. The van der Waals surface area contributed by atoms with Crippen molar-refractivity contribution in [1.29, 1.82) is 0 Å². The molecule has 0 bridgehead atoms. The van der Waals surface area contributed by atoms with E-state index in [-0.39, 0.29) is 12.6 Å². The maximum atomic E-state index is 12.2. The highest BCUT2D eigenvalue weighted by Crippen LogP contribution is 2.32. The molecule has 0 fully saturated rings. The molecule has 1 aliphatic rings. The lowest BCUT2D eigenvalue weighted by atomic mass is 10.1. The second-order valence-electron chi connectivity index (χ2n) is 5.54. The van der Waals surface area contributed by atoms with Gasteiger partial charge in [0.05, 0.1) is 0 Å². The van der Waals surface area contributed by atoms with Gasteiger partial charge in [0.25, 0.3) is 0 Å². The van der Waals surface area contributed by atoms with Crippen LogP contribution in [0.25, 0.3) is 0 Å². The van der Waals surface area contributed by atoms with Gasteiger partial charge in [-0.3, -0.25) is 4.79 Å². The highest BCUT2D eigenvalue weighted by Gasteiger charge is 2.15. The summed E-state index contributed by atoms with van der Waals surface area (Å²) in [5.74, 6) is 1.44. The van der Waals surface area contributed by atoms with Gasteiger partial charge in [-0.25, -0.2) is 0 Å². The van der Waals surface area contributed by atoms with Gasteiger partial charge in [0.15, 0.2) is 17.3 Å². The maximum Gasteiger partial charge on any atom is 0.231 e. The van der Waals surface area contributed by atoms with Gasteiger partial charge in [0.2, 0.25) is 6.79 Å². The number of Topliss-reactive ketones (excluding diaryl/α,β-unsaturated/α-hetero) is 1. The first kappa shape index (κ1) is 14.4. The number of carbonyl (C=O) groups is 1. The summed E-state index contributed by atoms with van der Waals surface area (Å²) in [6.45, 7) is 4.96. The average Bonchev–Trinajstić information content (AvgIpc) is 2.93. The lowest BCUT2D eigenvalue weighted by Crippen LogP contribution is -2.09. The second-order valence-corrected chi connectivity index (χ2v) is 5.54. The molecule has 114 valence electrons. The molecule has 4 nitrogen and oxygen atoms in total. The van der Waals surface area contributed by atoms with Crippen molar-refractivity contribution in [3.05, 3.63) is 53.1 Å². The molecular formula is C18H19NO3. The van der Waals surface area contributed by atoms with Crippen LogP contribution in [0.3, 0.4) is 0 Å². The van der Waals surface area contributed by atoms with Crippen LogP contribution in [-0.4, -0.2) is 19.1 Å². The number of fused-ring (bicyclic) bond motifs is 1. The van der Waals surface area contributed by atoms with Crippen LogP contribution in [0.4, 0.5) is 5.69 Å². The van der Waals surface area contributed by atoms with Gasteiger partial charge in [-0.2, -0.15) is 0 Å². The molecule has 3 rings (SSSR count). The molecule has 0 aliphatic carbocycles. The topological polar surface area (TPSA) is 47.6 Å². The van der Waals surface area contributed by atoms with Gasteiger partial charge < -0.3 is 14.8 Å². The molecule has 0 saturated carbocycles. The van der Waals surface area contributed by atoms with Crippen LogP contribution in [0.5, 0.6) is 11.5 Å². The van der Waals surface area contributed by atoms with Gasteiger partial charge in [0.1, 0.15) is 0 Å². The zero-order chi connectivity index (χ0) is 15.5. The highest BCUT2D eigenvalue weighted by atomic mass is 16.7. The summed E-state index contributed by atoms with van der Waals surface area (Å²) in [5, 5.41) is 3.30. The predicted octanol–water partition coefficient (Wildman–Crippen LogP) is 3.72. The Kier molecular flexibility index (Phi) is 4.00. The minimum Gasteiger partial charge on any atom is -0.454 e. The smallest absolute Gasteiger partial charge is 0.231 e. The molecule has 0 atom stereocenters. The molecule has 4 heteroatoms. The van der Waals surface area contributed by atoms with Gasteiger partial charge in [0, 0.05) is 24.2 Å². The third-order valence-electron chi connectivity index (χ3n) is 3.60. The number of anilines is 1. The number of nitrogens with one attached hydrogen (secondary N) is 1. The molecular weight excluding hydrogens is 278 g/mol. The third kappa shape index (κ3) is 3.22. The molecule has 1 aliphatic heterocycles. The zero-order valence-corrected chi connectivity index (χ0v) is 12.8. The van der Waals surface area contributed by atoms with Crippen molar-refractivity contribution in [2.24, 2.45) is 0 Å². The number of aryl methyl sites for hydroxylation is 2. The molecule has 0 unspecified atom stereocenters. The first-order valence-electron chi connectivity index (χ1n) is 7.37. The third-order valence-corrected chi connectivity index (χ3v) is 3.60. The minimum atomic E-state index is 0.0928. The number of hydrogen-bond acceptors (Lipinski definition) is 4. The molecule has 0 saturated heterocycles. The Hall–Kier alpha value is -2.49. The first-order valence-corrected chi connectivity index (χ1v) is 7.37. The van der Waals surface area contributed by atoms with Crippen molar-refractivity contribution >= 4 is 11.5 Å². The van der Waals surface area contributed by atoms with Crippen molar-refractivity contribution in [3.63, 3.8) is 0 Å². The van der Waals surface area contributed by atoms with E-state index in [2.05, 4.69) is 37.4 Å². The SMILES string of the molecule is Cc1cc(C)cc(NCCC(=O)c2ccc3c(c2)OCO3)c1. The number of benzene rings is 2. The van der Waals surface area contributed by atoms with Crippen LogP contribution in [0, 0.1) is 13.8 Å². The standard InChI is InChI=1S/C18H19NO3/c1-12-7-13(2)9-15(8-12)19-6-5-16(20)14-3-4-17-18(10-14)22-11-21-17/h3-4,7-10,19H,5-6,11H2,1-2H3. The van der Waals surface area contributed by atoms with E-state index in [0.717, 1.165) is 5.69 Å². The summed E-state index contributed by atoms with van der Waals surface area (Å²) in [7, 11) is 0. The Balaban J connectivity index is 1.58. The van der Waals surface area contributed by atoms with E-state index in [1.165, 1.54) is 11.1 Å². The van der Waals surface area contributed by atoms with Gasteiger partial charge >= 0.3 is 0 Å². The first-order chi connectivity index (χ1) is 10.6. The van der Waals surface area contributed by atoms with Crippen molar-refractivity contribution in [2.75, 3.05) is 18.7 Å². The Morgan fingerprint density at radius 2 is 1.77 bits per heavy atom. The maximum absolute atomic E-state index is 12.2. The van der Waals surface area contributed by atoms with E-state index >= 15 is 0 Å². The molecule has 2 aromatic carbocycles. The van der Waals surface area contributed by atoms with Gasteiger partial charge in [-0.05, 0) is 55.3 Å². The van der Waals surface area contributed by atoms with Crippen molar-refractivity contribution in [2.45, 2.75) is 20.3 Å². The summed E-state index contributed by atoms with van der Waals surface area (Å²) >= 11 is 0. The molecule has 0 spiro atoms. The number of rotatable bonds is 5. The van der Waals surface area contributed by atoms with Crippen molar-refractivity contribution in [3.8, 4) is 11.5 Å². The largest absolute Gasteiger partial charge is 0.454 e. The van der Waals surface area contributed by atoms with E-state index < -0.39 is 0 Å². The number of hydrogen-bond donors (Lipinski definition) is 1. The Morgan fingerprint density at radius 3 is 2.55 bits per heavy atom. The van der Waals surface area contributed by atoms with Crippen LogP contribution >= 0.6 is 0 Å². The molecule has 2 aromatic rings. The molecule has 1 N–H and O–H groups in total. The summed E-state index contributed by atoms with van der Waals surface area (Å²) in [6.07, 6.45) is 0.437. The Bertz CT molecular complexity index is 689. The Morgan fingerprint density at radius 1 is 1.05 bits per heavy atom. The minimum absolute atomic E-state index is 0.0928. The van der Waals surface area contributed by atoms with E-state index in [0.29, 0.717) is 30.0 Å². The van der Waals surface area contributed by atoms with Crippen LogP contribution in [0.15, 0.2) is 36.4 Å². The highest BCUT2D eigenvalue weighted by molar-refractivity contribution is 5.97. The van der Waals surface area contributed by atoms with Gasteiger partial charge in [-0.1, -0.05) is 6.07 Å². The van der Waals surface area contributed by atoms with E-state index in [9.17, 15) is 4.79 Å². The fourth-order valence-corrected chi connectivity index (χ4v) is 2.61. The quantitative estimate of drug-likeness (QED) is 0.855. The van der Waals surface area contributed by atoms with Crippen molar-refractivity contribution in [1.82, 2.24) is 0 Å². The fraction of sp³-hybridized carbons (Fsp3) is 0.278. The summed E-state index contributed by atoms with van der Waals surface area (Å²) in [6, 6.07) is 11.6. The lowest BCUT2D eigenvalue weighted by molar-refractivity contribution is 0.0986. The average molecular weight is 297 g/mol. The van der Waals surface area contributed by atoms with Crippen LogP contribution in [0.1, 0.15) is 27.9 Å². The summed E-state index contributed by atoms with van der Waals surface area (Å²) in [4.78, 5) is 12.2. The fourth-order valence-electron chi connectivity index (χ4n) is 2.61. The number of ether oxygens (including phenoxy) is 2. The normalized spacial score (nSPS) is 12.3. The Labute approximate surface area is 130 Å². The van der Waals surface area contributed by atoms with Crippen molar-refractivity contribution < 1.29 is 14.3 Å².